The van der Waals surface area contributed by atoms with Gasteiger partial charge in [-0.25, -0.2) is 14.2 Å². The maximum absolute atomic E-state index is 13.6. The van der Waals surface area contributed by atoms with Gasteiger partial charge in [-0.2, -0.15) is 0 Å². The highest BCUT2D eigenvalue weighted by Crippen LogP contribution is 2.45. The molecule has 0 aromatic heterocycles. The van der Waals surface area contributed by atoms with E-state index in [0.717, 1.165) is 11.3 Å². The fourth-order valence-corrected chi connectivity index (χ4v) is 4.64. The number of thioether (sulfide) groups is 1. The first kappa shape index (κ1) is 21.6. The van der Waals surface area contributed by atoms with Crippen LogP contribution in [0, 0.1) is 11.7 Å². The van der Waals surface area contributed by atoms with Crippen molar-refractivity contribution in [1.29, 1.82) is 0 Å². The van der Waals surface area contributed by atoms with E-state index in [1.54, 1.807) is 32.9 Å². The van der Waals surface area contributed by atoms with Crippen LogP contribution in [0.2, 0.25) is 0 Å². The molecule has 31 heavy (non-hydrogen) atoms. The van der Waals surface area contributed by atoms with Crippen LogP contribution >= 0.6 is 11.8 Å². The summed E-state index contributed by atoms with van der Waals surface area (Å²) in [5.41, 5.74) is 2.45. The molecule has 1 fully saturated rings. The van der Waals surface area contributed by atoms with E-state index in [1.165, 1.54) is 36.7 Å². The Morgan fingerprint density at radius 1 is 1.29 bits per heavy atom. The van der Waals surface area contributed by atoms with Gasteiger partial charge >= 0.3 is 5.97 Å². The molecule has 1 aromatic carbocycles. The average molecular weight is 444 g/mol. The SMILES string of the molecule is CC1=C(C(=O)OC(C)C)C(c2ccc(F)cc2)N2C(CC(=O)NCC3CC3)=CSC2=N1. The van der Waals surface area contributed by atoms with Crippen LogP contribution in [0.15, 0.2) is 51.6 Å². The second-order valence-corrected chi connectivity index (χ2v) is 9.16. The minimum Gasteiger partial charge on any atom is -0.459 e. The summed E-state index contributed by atoms with van der Waals surface area (Å²) in [6.07, 6.45) is 2.23. The van der Waals surface area contributed by atoms with Crippen LogP contribution in [-0.2, 0) is 14.3 Å². The van der Waals surface area contributed by atoms with E-state index in [4.69, 9.17) is 4.74 Å². The number of benzene rings is 1. The number of halogens is 1. The average Bonchev–Trinajstić information content (AvgIpc) is 3.46. The normalized spacial score (nSPS) is 20.4. The molecule has 3 aliphatic rings. The standard InChI is InChI=1S/C23H26FN3O3S/c1-13(2)30-22(29)20-14(3)26-23-27(21(20)16-6-8-17(24)9-7-16)18(12-31-23)10-19(28)25-11-15-4-5-15/h6-9,12-13,15,21H,4-5,10-11H2,1-3H3,(H,25,28). The third-order valence-corrected chi connectivity index (χ3v) is 6.26. The van der Waals surface area contributed by atoms with Crippen LogP contribution in [0.4, 0.5) is 4.39 Å². The van der Waals surface area contributed by atoms with E-state index in [-0.39, 0.29) is 24.2 Å². The predicted molar refractivity (Wildman–Crippen MR) is 118 cm³/mol. The minimum atomic E-state index is -0.545. The summed E-state index contributed by atoms with van der Waals surface area (Å²) in [4.78, 5) is 32.1. The number of amidine groups is 1. The van der Waals surface area contributed by atoms with E-state index < -0.39 is 12.0 Å². The summed E-state index contributed by atoms with van der Waals surface area (Å²) in [6.45, 7) is 6.06. The molecule has 1 aliphatic carbocycles. The zero-order chi connectivity index (χ0) is 22.1. The lowest BCUT2D eigenvalue weighted by Crippen LogP contribution is -2.38. The Kier molecular flexibility index (Phi) is 6.18. The van der Waals surface area contributed by atoms with Crippen LogP contribution in [0.5, 0.6) is 0 Å². The van der Waals surface area contributed by atoms with Crippen molar-refractivity contribution < 1.29 is 18.7 Å². The zero-order valence-corrected chi connectivity index (χ0v) is 18.7. The molecule has 1 N–H and O–H groups in total. The van der Waals surface area contributed by atoms with E-state index in [9.17, 15) is 14.0 Å². The maximum Gasteiger partial charge on any atom is 0.338 e. The molecule has 1 unspecified atom stereocenters. The monoisotopic (exact) mass is 443 g/mol. The first-order chi connectivity index (χ1) is 14.8. The third kappa shape index (κ3) is 4.84. The number of nitrogens with zero attached hydrogens (tertiary/aromatic N) is 2. The lowest BCUT2D eigenvalue weighted by Gasteiger charge is -2.36. The number of carbonyl (C=O) groups is 2. The zero-order valence-electron chi connectivity index (χ0n) is 17.9. The maximum atomic E-state index is 13.6. The Morgan fingerprint density at radius 2 is 2.00 bits per heavy atom. The number of hydrogen-bond donors (Lipinski definition) is 1. The van der Waals surface area contributed by atoms with Gasteiger partial charge in [0.1, 0.15) is 5.82 Å². The molecule has 0 spiro atoms. The molecule has 2 heterocycles. The van der Waals surface area contributed by atoms with Gasteiger partial charge in [0, 0.05) is 12.2 Å². The number of fused-ring (bicyclic) bond motifs is 1. The number of nitrogens with one attached hydrogen (secondary N) is 1. The molecule has 2 aliphatic heterocycles. The Morgan fingerprint density at radius 3 is 2.65 bits per heavy atom. The summed E-state index contributed by atoms with van der Waals surface area (Å²) >= 11 is 1.42. The van der Waals surface area contributed by atoms with E-state index in [2.05, 4.69) is 10.3 Å². The molecule has 6 nitrogen and oxygen atoms in total. The van der Waals surface area contributed by atoms with Gasteiger partial charge in [0.15, 0.2) is 5.17 Å². The van der Waals surface area contributed by atoms with Crippen LogP contribution in [0.25, 0.3) is 0 Å². The Labute approximate surface area is 185 Å². The molecule has 0 bridgehead atoms. The van der Waals surface area contributed by atoms with Gasteiger partial charge in [0.05, 0.1) is 29.8 Å². The van der Waals surface area contributed by atoms with Crippen molar-refractivity contribution in [2.24, 2.45) is 10.9 Å². The highest BCUT2D eigenvalue weighted by Gasteiger charge is 2.41. The summed E-state index contributed by atoms with van der Waals surface area (Å²) in [7, 11) is 0. The number of esters is 1. The van der Waals surface area contributed by atoms with Gasteiger partial charge in [-0.3, -0.25) is 4.79 Å². The van der Waals surface area contributed by atoms with Crippen molar-refractivity contribution in [1.82, 2.24) is 10.2 Å². The van der Waals surface area contributed by atoms with Gasteiger partial charge in [0.2, 0.25) is 5.91 Å². The van der Waals surface area contributed by atoms with Crippen molar-refractivity contribution >= 4 is 28.8 Å². The number of allylic oxidation sites excluding steroid dienone is 1. The lowest BCUT2D eigenvalue weighted by atomic mass is 9.93. The van der Waals surface area contributed by atoms with Crippen molar-refractivity contribution in [2.45, 2.75) is 52.2 Å². The summed E-state index contributed by atoms with van der Waals surface area (Å²) in [5.74, 6) is -0.279. The second kappa shape index (κ2) is 8.86. The van der Waals surface area contributed by atoms with E-state index in [1.807, 2.05) is 10.3 Å². The molecule has 0 saturated heterocycles. The van der Waals surface area contributed by atoms with Crippen molar-refractivity contribution in [3.8, 4) is 0 Å². The van der Waals surface area contributed by atoms with Crippen molar-refractivity contribution in [3.63, 3.8) is 0 Å². The van der Waals surface area contributed by atoms with Gasteiger partial charge < -0.3 is 15.0 Å². The number of amides is 1. The summed E-state index contributed by atoms with van der Waals surface area (Å²) < 4.78 is 19.1. The molecular weight excluding hydrogens is 417 g/mol. The first-order valence-corrected chi connectivity index (χ1v) is 11.4. The molecule has 164 valence electrons. The number of rotatable bonds is 7. The highest BCUT2D eigenvalue weighted by atomic mass is 32.2. The first-order valence-electron chi connectivity index (χ1n) is 10.5. The van der Waals surface area contributed by atoms with Crippen molar-refractivity contribution in [2.75, 3.05) is 6.54 Å². The number of carbonyl (C=O) groups excluding carboxylic acids is 2. The summed E-state index contributed by atoms with van der Waals surface area (Å²) in [6, 6.07) is 5.52. The number of aliphatic imine (C=N–C) groups is 1. The fraction of sp³-hybridized carbons (Fsp3) is 0.435. The molecule has 8 heteroatoms. The van der Waals surface area contributed by atoms with Crippen LogP contribution in [-0.4, -0.2) is 34.6 Å². The Bertz CT molecular complexity index is 980. The number of ether oxygens (including phenoxy) is 1. The van der Waals surface area contributed by atoms with Gasteiger partial charge in [-0.1, -0.05) is 23.9 Å². The van der Waals surface area contributed by atoms with E-state index >= 15 is 0 Å². The molecule has 4 rings (SSSR count). The van der Waals surface area contributed by atoms with Gasteiger partial charge in [0.25, 0.3) is 0 Å². The third-order valence-electron chi connectivity index (χ3n) is 5.38. The largest absolute Gasteiger partial charge is 0.459 e. The molecule has 0 radical (unpaired) electrons. The Hall–Kier alpha value is -2.61. The Balaban J connectivity index is 1.66. The number of hydrogen-bond acceptors (Lipinski definition) is 6. The highest BCUT2D eigenvalue weighted by molar-refractivity contribution is 8.16. The lowest BCUT2D eigenvalue weighted by molar-refractivity contribution is -0.143. The molecule has 1 atom stereocenters. The minimum absolute atomic E-state index is 0.0598. The smallest absolute Gasteiger partial charge is 0.338 e. The van der Waals surface area contributed by atoms with E-state index in [0.29, 0.717) is 28.9 Å². The van der Waals surface area contributed by atoms with Gasteiger partial charge in [-0.15, -0.1) is 0 Å². The second-order valence-electron chi connectivity index (χ2n) is 8.32. The predicted octanol–water partition coefficient (Wildman–Crippen LogP) is 4.27. The summed E-state index contributed by atoms with van der Waals surface area (Å²) in [5, 5.41) is 5.58. The quantitative estimate of drug-likeness (QED) is 0.638. The fourth-order valence-electron chi connectivity index (χ4n) is 3.68. The van der Waals surface area contributed by atoms with Crippen LogP contribution in [0.3, 0.4) is 0 Å². The topological polar surface area (TPSA) is 71.0 Å². The van der Waals surface area contributed by atoms with Crippen LogP contribution < -0.4 is 5.32 Å². The molecule has 1 amide bonds. The van der Waals surface area contributed by atoms with Crippen LogP contribution in [0.1, 0.15) is 51.6 Å². The molecular formula is C23H26FN3O3S. The van der Waals surface area contributed by atoms with Crippen molar-refractivity contribution in [3.05, 3.63) is 58.0 Å². The molecule has 1 aromatic rings. The molecule has 1 saturated carbocycles. The van der Waals surface area contributed by atoms with Gasteiger partial charge in [-0.05, 0) is 62.6 Å².